The highest BCUT2D eigenvalue weighted by molar-refractivity contribution is 7.99. The molecule has 0 heterocycles. The van der Waals surface area contributed by atoms with Gasteiger partial charge in [0.15, 0.2) is 0 Å². The van der Waals surface area contributed by atoms with E-state index in [-0.39, 0.29) is 10.8 Å². The topological polar surface area (TPSA) is 92.5 Å². The second-order valence-corrected chi connectivity index (χ2v) is 8.31. The Morgan fingerprint density at radius 3 is 2.44 bits per heavy atom. The average molecular weight is 380 g/mol. The van der Waals surface area contributed by atoms with Crippen LogP contribution < -0.4 is 15.4 Å². The van der Waals surface area contributed by atoms with E-state index in [1.54, 1.807) is 22.7 Å². The molecule has 0 aliphatic rings. The molecule has 2 rings (SSSR count). The van der Waals surface area contributed by atoms with Crippen molar-refractivity contribution >= 4 is 39.1 Å². The van der Waals surface area contributed by atoms with Crippen LogP contribution >= 0.6 is 11.8 Å². The van der Waals surface area contributed by atoms with E-state index in [0.29, 0.717) is 23.5 Å². The molecular weight excluding hydrogens is 358 g/mol. The summed E-state index contributed by atoms with van der Waals surface area (Å²) in [6, 6.07) is 14.2. The van der Waals surface area contributed by atoms with Gasteiger partial charge in [0.2, 0.25) is 15.9 Å². The molecule has 0 fully saturated rings. The fourth-order valence-electron chi connectivity index (χ4n) is 2.17. The minimum atomic E-state index is -3.83. The number of primary sulfonamides is 1. The van der Waals surface area contributed by atoms with E-state index in [2.05, 4.69) is 5.32 Å². The van der Waals surface area contributed by atoms with Crippen molar-refractivity contribution in [3.8, 4) is 0 Å². The minimum Gasteiger partial charge on any atom is -0.376 e. The number of nitrogens with one attached hydrogen (secondary N) is 1. The van der Waals surface area contributed by atoms with Gasteiger partial charge in [0.25, 0.3) is 0 Å². The van der Waals surface area contributed by atoms with Gasteiger partial charge in [-0.05, 0) is 30.3 Å². The number of anilines is 2. The van der Waals surface area contributed by atoms with Crippen molar-refractivity contribution in [2.45, 2.75) is 16.2 Å². The molecule has 2 aromatic carbocycles. The number of carbonyl (C=O) groups excluding carboxylic acids is 1. The fourth-order valence-corrected chi connectivity index (χ4v) is 3.59. The summed E-state index contributed by atoms with van der Waals surface area (Å²) >= 11 is 1.59. The zero-order chi connectivity index (χ0) is 18.4. The second-order valence-electron chi connectivity index (χ2n) is 5.58. The molecule has 0 saturated carbocycles. The monoisotopic (exact) mass is 379 g/mol. The third-order valence-electron chi connectivity index (χ3n) is 3.39. The van der Waals surface area contributed by atoms with Gasteiger partial charge in [-0.15, -0.1) is 11.8 Å². The lowest BCUT2D eigenvalue weighted by Gasteiger charge is -2.18. The Hall–Kier alpha value is -2.03. The lowest BCUT2D eigenvalue weighted by Crippen LogP contribution is -2.19. The Bertz CT molecular complexity index is 837. The first-order valence-corrected chi connectivity index (χ1v) is 10.1. The quantitative estimate of drug-likeness (QED) is 0.721. The predicted octanol–water partition coefficient (Wildman–Crippen LogP) is 2.52. The highest BCUT2D eigenvalue weighted by Crippen LogP contribution is 2.27. The zero-order valence-corrected chi connectivity index (χ0v) is 15.7. The number of hydrogen-bond donors (Lipinski definition) is 2. The van der Waals surface area contributed by atoms with Crippen LogP contribution in [0.1, 0.15) is 6.42 Å². The zero-order valence-electron chi connectivity index (χ0n) is 14.1. The molecule has 0 aliphatic heterocycles. The minimum absolute atomic E-state index is 0.0351. The molecule has 0 bridgehead atoms. The van der Waals surface area contributed by atoms with E-state index in [1.165, 1.54) is 12.1 Å². The molecule has 0 radical (unpaired) electrons. The van der Waals surface area contributed by atoms with Gasteiger partial charge in [-0.25, -0.2) is 13.6 Å². The van der Waals surface area contributed by atoms with Crippen LogP contribution in [0.4, 0.5) is 11.4 Å². The number of rotatable bonds is 7. The summed E-state index contributed by atoms with van der Waals surface area (Å²) in [5.41, 5.74) is 1.13. The Balaban J connectivity index is 2.05. The fraction of sp³-hybridized carbons (Fsp3) is 0.235. The van der Waals surface area contributed by atoms with Gasteiger partial charge in [0.05, 0.1) is 16.3 Å². The van der Waals surface area contributed by atoms with Gasteiger partial charge in [-0.1, -0.05) is 18.2 Å². The number of sulfonamides is 1. The van der Waals surface area contributed by atoms with Crippen LogP contribution in [0, 0.1) is 0 Å². The van der Waals surface area contributed by atoms with Crippen LogP contribution in [-0.2, 0) is 14.8 Å². The molecule has 0 atom stereocenters. The maximum atomic E-state index is 12.2. The molecule has 25 heavy (non-hydrogen) atoms. The van der Waals surface area contributed by atoms with Crippen molar-refractivity contribution in [1.82, 2.24) is 0 Å². The molecule has 0 aromatic heterocycles. The smallest absolute Gasteiger partial charge is 0.238 e. The number of amides is 1. The summed E-state index contributed by atoms with van der Waals surface area (Å²) in [5.74, 6) is 0.445. The molecule has 6 nitrogen and oxygen atoms in total. The van der Waals surface area contributed by atoms with Crippen LogP contribution in [0.5, 0.6) is 0 Å². The van der Waals surface area contributed by atoms with Gasteiger partial charge in [-0.3, -0.25) is 4.79 Å². The van der Waals surface area contributed by atoms with Crippen LogP contribution in [0.25, 0.3) is 0 Å². The maximum absolute atomic E-state index is 12.2. The Labute approximate surface area is 152 Å². The Morgan fingerprint density at radius 2 is 1.84 bits per heavy atom. The summed E-state index contributed by atoms with van der Waals surface area (Å²) in [5, 5.41) is 7.95. The highest BCUT2D eigenvalue weighted by Gasteiger charge is 2.14. The van der Waals surface area contributed by atoms with Crippen molar-refractivity contribution in [3.63, 3.8) is 0 Å². The van der Waals surface area contributed by atoms with E-state index in [1.807, 2.05) is 44.4 Å². The van der Waals surface area contributed by atoms with E-state index in [4.69, 9.17) is 5.14 Å². The second kappa shape index (κ2) is 8.37. The number of nitrogens with zero attached hydrogens (tertiary/aromatic N) is 1. The van der Waals surface area contributed by atoms with Crippen LogP contribution in [0.2, 0.25) is 0 Å². The first kappa shape index (κ1) is 19.3. The van der Waals surface area contributed by atoms with Crippen molar-refractivity contribution in [2.24, 2.45) is 5.14 Å². The third-order valence-corrected chi connectivity index (χ3v) is 5.32. The third kappa shape index (κ3) is 5.77. The normalized spacial score (nSPS) is 11.2. The average Bonchev–Trinajstić information content (AvgIpc) is 2.54. The molecular formula is C17H21N3O3S2. The molecule has 134 valence electrons. The van der Waals surface area contributed by atoms with E-state index in [0.717, 1.165) is 4.90 Å². The summed E-state index contributed by atoms with van der Waals surface area (Å²) < 4.78 is 23.1. The Morgan fingerprint density at radius 1 is 1.16 bits per heavy atom. The van der Waals surface area contributed by atoms with Gasteiger partial charge >= 0.3 is 0 Å². The van der Waals surface area contributed by atoms with Gasteiger partial charge < -0.3 is 10.2 Å². The Kier molecular flexibility index (Phi) is 6.46. The standard InChI is InChI=1S/C17H21N3O3S2/c1-20(2)16-9-8-14(25(18,22)23)12-15(16)19-17(21)10-11-24-13-6-4-3-5-7-13/h3-9,12H,10-11H2,1-2H3,(H,19,21)(H2,18,22,23). The van der Waals surface area contributed by atoms with Crippen LogP contribution in [-0.4, -0.2) is 34.2 Å². The largest absolute Gasteiger partial charge is 0.376 e. The number of hydrogen-bond acceptors (Lipinski definition) is 5. The molecule has 8 heteroatoms. The number of benzene rings is 2. The maximum Gasteiger partial charge on any atom is 0.238 e. The lowest BCUT2D eigenvalue weighted by atomic mass is 10.2. The number of thioether (sulfide) groups is 1. The number of nitrogens with two attached hydrogens (primary N) is 1. The molecule has 3 N–H and O–H groups in total. The first-order valence-electron chi connectivity index (χ1n) is 7.59. The van der Waals surface area contributed by atoms with Crippen molar-refractivity contribution in [2.75, 3.05) is 30.1 Å². The van der Waals surface area contributed by atoms with Gasteiger partial charge in [0.1, 0.15) is 0 Å². The van der Waals surface area contributed by atoms with Gasteiger partial charge in [0, 0.05) is 31.2 Å². The number of carbonyl (C=O) groups is 1. The predicted molar refractivity (Wildman–Crippen MR) is 103 cm³/mol. The summed E-state index contributed by atoms with van der Waals surface area (Å²) in [6.07, 6.45) is 0.312. The van der Waals surface area contributed by atoms with E-state index >= 15 is 0 Å². The molecule has 0 unspecified atom stereocenters. The van der Waals surface area contributed by atoms with Crippen LogP contribution in [0.3, 0.4) is 0 Å². The van der Waals surface area contributed by atoms with Crippen molar-refractivity contribution in [3.05, 3.63) is 48.5 Å². The SMILES string of the molecule is CN(C)c1ccc(S(N)(=O)=O)cc1NC(=O)CCSc1ccccc1. The van der Waals surface area contributed by atoms with Crippen molar-refractivity contribution in [1.29, 1.82) is 0 Å². The molecule has 0 saturated heterocycles. The summed E-state index contributed by atoms with van der Waals surface area (Å²) in [6.45, 7) is 0. The lowest BCUT2D eigenvalue weighted by molar-refractivity contribution is -0.115. The van der Waals surface area contributed by atoms with Crippen LogP contribution in [0.15, 0.2) is 58.3 Å². The molecule has 0 spiro atoms. The van der Waals surface area contributed by atoms with Crippen molar-refractivity contribution < 1.29 is 13.2 Å². The van der Waals surface area contributed by atoms with E-state index in [9.17, 15) is 13.2 Å². The highest BCUT2D eigenvalue weighted by atomic mass is 32.2. The summed E-state index contributed by atoms with van der Waals surface area (Å²) in [4.78, 5) is 15.1. The van der Waals surface area contributed by atoms with Gasteiger partial charge in [-0.2, -0.15) is 0 Å². The van der Waals surface area contributed by atoms with E-state index < -0.39 is 10.0 Å². The first-order chi connectivity index (χ1) is 11.8. The molecule has 1 amide bonds. The summed E-state index contributed by atoms with van der Waals surface area (Å²) in [7, 11) is -0.206. The molecule has 0 aliphatic carbocycles. The molecule has 2 aromatic rings.